The molecule has 0 spiro atoms. The Morgan fingerprint density at radius 3 is 2.10 bits per heavy atom. The van der Waals surface area contributed by atoms with Crippen molar-refractivity contribution in [2.45, 2.75) is 0 Å². The minimum absolute atomic E-state index is 0.726. The second-order valence-electron chi connectivity index (χ2n) is 4.19. The summed E-state index contributed by atoms with van der Waals surface area (Å²) in [6.07, 6.45) is 4.03. The maximum Gasteiger partial charge on any atom is 0.167 e. The van der Waals surface area contributed by atoms with E-state index in [4.69, 9.17) is 14.2 Å². The average Bonchev–Trinajstić information content (AvgIpc) is 2.52. The molecule has 0 bridgehead atoms. The maximum atomic E-state index is 5.40. The largest absolute Gasteiger partial charge is 0.497 e. The van der Waals surface area contributed by atoms with Crippen LogP contribution in [-0.2, 0) is 0 Å². The summed E-state index contributed by atoms with van der Waals surface area (Å²) < 4.78 is 15.8. The van der Waals surface area contributed by atoms with E-state index < -0.39 is 0 Å². The van der Waals surface area contributed by atoms with E-state index in [0.29, 0.717) is 0 Å². The van der Waals surface area contributed by atoms with E-state index >= 15 is 0 Å². The van der Waals surface area contributed by atoms with E-state index in [-0.39, 0.29) is 0 Å². The molecular formula is C17H18O3. The molecule has 3 nitrogen and oxygen atoms in total. The summed E-state index contributed by atoms with van der Waals surface area (Å²) in [6.45, 7) is 0. The van der Waals surface area contributed by atoms with Crippen LogP contribution < -0.4 is 14.2 Å². The Morgan fingerprint density at radius 2 is 1.50 bits per heavy atom. The van der Waals surface area contributed by atoms with Crippen molar-refractivity contribution >= 4 is 12.2 Å². The highest BCUT2D eigenvalue weighted by molar-refractivity contribution is 5.74. The van der Waals surface area contributed by atoms with Crippen molar-refractivity contribution in [3.63, 3.8) is 0 Å². The minimum atomic E-state index is 0.726. The standard InChI is InChI=1S/C17H18O3/c1-18-15-11-8-13(9-12-15)7-10-14-5-4-6-16(19-2)17(14)20-3/h4-12H,1-3H3. The van der Waals surface area contributed by atoms with Gasteiger partial charge in [0.15, 0.2) is 11.5 Å². The molecule has 0 atom stereocenters. The van der Waals surface area contributed by atoms with Gasteiger partial charge in [-0.3, -0.25) is 0 Å². The van der Waals surface area contributed by atoms with Crippen LogP contribution in [0.15, 0.2) is 42.5 Å². The molecule has 2 aromatic rings. The third kappa shape index (κ3) is 3.12. The summed E-state index contributed by atoms with van der Waals surface area (Å²) >= 11 is 0. The van der Waals surface area contributed by atoms with Crippen LogP contribution in [0.1, 0.15) is 11.1 Å². The van der Waals surface area contributed by atoms with Gasteiger partial charge >= 0.3 is 0 Å². The molecule has 0 saturated heterocycles. The van der Waals surface area contributed by atoms with E-state index in [1.54, 1.807) is 21.3 Å². The molecule has 0 amide bonds. The normalized spacial score (nSPS) is 10.6. The van der Waals surface area contributed by atoms with Gasteiger partial charge in [0.1, 0.15) is 5.75 Å². The molecule has 0 aliphatic heterocycles. The number of para-hydroxylation sites is 1. The molecule has 0 N–H and O–H groups in total. The van der Waals surface area contributed by atoms with Gasteiger partial charge in [-0.2, -0.15) is 0 Å². The Hall–Kier alpha value is -2.42. The Balaban J connectivity index is 2.26. The molecule has 104 valence electrons. The maximum absolute atomic E-state index is 5.40. The highest BCUT2D eigenvalue weighted by Gasteiger charge is 2.06. The van der Waals surface area contributed by atoms with Crippen molar-refractivity contribution in [3.05, 3.63) is 53.6 Å². The van der Waals surface area contributed by atoms with Crippen LogP contribution in [0.2, 0.25) is 0 Å². The highest BCUT2D eigenvalue weighted by Crippen LogP contribution is 2.31. The molecule has 0 saturated carbocycles. The zero-order chi connectivity index (χ0) is 14.4. The summed E-state index contributed by atoms with van der Waals surface area (Å²) in [5.41, 5.74) is 2.07. The van der Waals surface area contributed by atoms with Crippen molar-refractivity contribution in [2.24, 2.45) is 0 Å². The van der Waals surface area contributed by atoms with Gasteiger partial charge in [0.2, 0.25) is 0 Å². The number of benzene rings is 2. The smallest absolute Gasteiger partial charge is 0.167 e. The van der Waals surface area contributed by atoms with Crippen LogP contribution in [0.25, 0.3) is 12.2 Å². The van der Waals surface area contributed by atoms with Crippen molar-refractivity contribution in [2.75, 3.05) is 21.3 Å². The van der Waals surface area contributed by atoms with Gasteiger partial charge in [-0.15, -0.1) is 0 Å². The molecule has 0 aromatic heterocycles. The predicted octanol–water partition coefficient (Wildman–Crippen LogP) is 3.88. The number of hydrogen-bond donors (Lipinski definition) is 0. The zero-order valence-electron chi connectivity index (χ0n) is 11.9. The molecule has 0 fully saturated rings. The van der Waals surface area contributed by atoms with Crippen LogP contribution in [0.5, 0.6) is 17.2 Å². The second kappa shape index (κ2) is 6.66. The number of ether oxygens (including phenoxy) is 3. The van der Waals surface area contributed by atoms with E-state index in [9.17, 15) is 0 Å². The SMILES string of the molecule is COc1ccc(C=Cc2cccc(OC)c2OC)cc1. The zero-order valence-corrected chi connectivity index (χ0v) is 11.9. The van der Waals surface area contributed by atoms with E-state index in [0.717, 1.165) is 28.4 Å². The summed E-state index contributed by atoms with van der Waals surface area (Å²) in [6, 6.07) is 13.7. The molecule has 0 unspecified atom stereocenters. The topological polar surface area (TPSA) is 27.7 Å². The van der Waals surface area contributed by atoms with Gasteiger partial charge in [-0.25, -0.2) is 0 Å². The molecule has 2 rings (SSSR count). The lowest BCUT2D eigenvalue weighted by molar-refractivity contribution is 0.354. The van der Waals surface area contributed by atoms with Gasteiger partial charge in [-0.1, -0.05) is 36.4 Å². The third-order valence-corrected chi connectivity index (χ3v) is 3.00. The monoisotopic (exact) mass is 270 g/mol. The van der Waals surface area contributed by atoms with Gasteiger partial charge in [0.05, 0.1) is 21.3 Å². The lowest BCUT2D eigenvalue weighted by Crippen LogP contribution is -1.92. The van der Waals surface area contributed by atoms with Gasteiger partial charge in [-0.05, 0) is 23.8 Å². The van der Waals surface area contributed by atoms with Crippen molar-refractivity contribution in [3.8, 4) is 17.2 Å². The van der Waals surface area contributed by atoms with E-state index in [1.807, 2.05) is 54.6 Å². The molecule has 20 heavy (non-hydrogen) atoms. The van der Waals surface area contributed by atoms with Crippen molar-refractivity contribution in [1.82, 2.24) is 0 Å². The average molecular weight is 270 g/mol. The van der Waals surface area contributed by atoms with Gasteiger partial charge < -0.3 is 14.2 Å². The first-order valence-corrected chi connectivity index (χ1v) is 6.31. The molecule has 0 aliphatic carbocycles. The van der Waals surface area contributed by atoms with Gasteiger partial charge in [0, 0.05) is 5.56 Å². The Bertz CT molecular complexity index is 586. The summed E-state index contributed by atoms with van der Waals surface area (Å²) in [5, 5.41) is 0. The lowest BCUT2D eigenvalue weighted by Gasteiger charge is -2.09. The molecule has 0 radical (unpaired) electrons. The fourth-order valence-corrected chi connectivity index (χ4v) is 1.94. The van der Waals surface area contributed by atoms with Crippen LogP contribution >= 0.6 is 0 Å². The first-order valence-electron chi connectivity index (χ1n) is 6.31. The first kappa shape index (κ1) is 14.0. The summed E-state index contributed by atoms with van der Waals surface area (Å²) in [5.74, 6) is 2.31. The van der Waals surface area contributed by atoms with Crippen molar-refractivity contribution < 1.29 is 14.2 Å². The Kier molecular flexibility index (Phi) is 4.66. The quantitative estimate of drug-likeness (QED) is 0.772. The van der Waals surface area contributed by atoms with Crippen LogP contribution in [0.3, 0.4) is 0 Å². The van der Waals surface area contributed by atoms with Crippen molar-refractivity contribution in [1.29, 1.82) is 0 Å². The minimum Gasteiger partial charge on any atom is -0.497 e. The molecule has 3 heteroatoms. The van der Waals surface area contributed by atoms with Crippen LogP contribution in [0.4, 0.5) is 0 Å². The lowest BCUT2D eigenvalue weighted by atomic mass is 10.1. The number of methoxy groups -OCH3 is 3. The fourth-order valence-electron chi connectivity index (χ4n) is 1.94. The highest BCUT2D eigenvalue weighted by atomic mass is 16.5. The first-order chi connectivity index (χ1) is 9.78. The number of rotatable bonds is 5. The third-order valence-electron chi connectivity index (χ3n) is 3.00. The van der Waals surface area contributed by atoms with E-state index in [2.05, 4.69) is 0 Å². The fraction of sp³-hybridized carbons (Fsp3) is 0.176. The Labute approximate surface area is 119 Å². The van der Waals surface area contributed by atoms with E-state index in [1.165, 1.54) is 0 Å². The van der Waals surface area contributed by atoms with Crippen LogP contribution in [0, 0.1) is 0 Å². The molecular weight excluding hydrogens is 252 g/mol. The second-order valence-corrected chi connectivity index (χ2v) is 4.19. The molecule has 0 aliphatic rings. The van der Waals surface area contributed by atoms with Crippen LogP contribution in [-0.4, -0.2) is 21.3 Å². The summed E-state index contributed by atoms with van der Waals surface area (Å²) in [7, 11) is 4.93. The Morgan fingerprint density at radius 1 is 0.750 bits per heavy atom. The molecule has 0 heterocycles. The van der Waals surface area contributed by atoms with Gasteiger partial charge in [0.25, 0.3) is 0 Å². The number of hydrogen-bond acceptors (Lipinski definition) is 3. The molecule has 2 aromatic carbocycles. The predicted molar refractivity (Wildman–Crippen MR) is 81.5 cm³/mol. The summed E-state index contributed by atoms with van der Waals surface area (Å²) in [4.78, 5) is 0.